The van der Waals surface area contributed by atoms with Crippen LogP contribution in [0.1, 0.15) is 35.2 Å². The lowest BCUT2D eigenvalue weighted by Crippen LogP contribution is -2.35. The maximum atomic E-state index is 12.9. The van der Waals surface area contributed by atoms with Gasteiger partial charge in [-0.05, 0) is 54.3 Å². The lowest BCUT2D eigenvalue weighted by atomic mass is 10.0. The molecule has 1 aliphatic heterocycles. The van der Waals surface area contributed by atoms with Crippen LogP contribution in [0.5, 0.6) is 0 Å². The number of fused-ring (bicyclic) bond motifs is 1. The lowest BCUT2D eigenvalue weighted by molar-refractivity contribution is -0.119. The van der Waals surface area contributed by atoms with Gasteiger partial charge in [0.25, 0.3) is 5.91 Å². The second-order valence-corrected chi connectivity index (χ2v) is 6.98. The van der Waals surface area contributed by atoms with E-state index in [-0.39, 0.29) is 11.8 Å². The molecule has 4 rings (SSSR count). The van der Waals surface area contributed by atoms with E-state index in [2.05, 4.69) is 5.32 Å². The molecule has 3 aromatic carbocycles. The van der Waals surface area contributed by atoms with Crippen molar-refractivity contribution >= 4 is 34.0 Å². The predicted octanol–water partition coefficient (Wildman–Crippen LogP) is 4.92. The zero-order chi connectivity index (χ0) is 18.8. The first-order chi connectivity index (χ1) is 13.1. The summed E-state index contributed by atoms with van der Waals surface area (Å²) in [7, 11) is 0. The Morgan fingerprint density at radius 3 is 2.67 bits per heavy atom. The maximum absolute atomic E-state index is 12.9. The molecular formula is C23H22N2O2. The van der Waals surface area contributed by atoms with Gasteiger partial charge in [0.05, 0.1) is 0 Å². The highest BCUT2D eigenvalue weighted by Gasteiger charge is 2.21. The first kappa shape index (κ1) is 17.3. The Hall–Kier alpha value is -3.14. The van der Waals surface area contributed by atoms with Crippen LogP contribution in [0.4, 0.5) is 11.4 Å². The monoisotopic (exact) mass is 358 g/mol. The molecule has 0 aromatic heterocycles. The van der Waals surface area contributed by atoms with Crippen molar-refractivity contribution in [1.29, 1.82) is 0 Å². The number of anilines is 2. The van der Waals surface area contributed by atoms with Crippen LogP contribution in [0.3, 0.4) is 0 Å². The SMILES string of the molecule is Cc1ccc(NC(=O)c2cccc3ccccc23)cc1N1CCCCC1=O. The minimum atomic E-state index is -0.147. The van der Waals surface area contributed by atoms with Gasteiger partial charge in [0.15, 0.2) is 0 Å². The fourth-order valence-corrected chi connectivity index (χ4v) is 3.66. The zero-order valence-corrected chi connectivity index (χ0v) is 15.4. The number of amides is 2. The number of carbonyl (C=O) groups excluding carboxylic acids is 2. The zero-order valence-electron chi connectivity index (χ0n) is 15.4. The summed E-state index contributed by atoms with van der Waals surface area (Å²) in [5.41, 5.74) is 3.26. The fourth-order valence-electron chi connectivity index (χ4n) is 3.66. The van der Waals surface area contributed by atoms with Crippen molar-refractivity contribution in [3.05, 3.63) is 71.8 Å². The van der Waals surface area contributed by atoms with Crippen LogP contribution in [0.15, 0.2) is 60.7 Å². The van der Waals surface area contributed by atoms with Crippen molar-refractivity contribution in [3.8, 4) is 0 Å². The van der Waals surface area contributed by atoms with Crippen molar-refractivity contribution < 1.29 is 9.59 Å². The van der Waals surface area contributed by atoms with Gasteiger partial charge in [-0.1, -0.05) is 42.5 Å². The number of rotatable bonds is 3. The third-order valence-electron chi connectivity index (χ3n) is 5.12. The fraction of sp³-hybridized carbons (Fsp3) is 0.217. The Morgan fingerprint density at radius 1 is 1.00 bits per heavy atom. The topological polar surface area (TPSA) is 49.4 Å². The number of nitrogens with one attached hydrogen (secondary N) is 1. The largest absolute Gasteiger partial charge is 0.322 e. The van der Waals surface area contributed by atoms with Crippen molar-refractivity contribution in [2.24, 2.45) is 0 Å². The maximum Gasteiger partial charge on any atom is 0.256 e. The Bertz CT molecular complexity index is 1020. The van der Waals surface area contributed by atoms with Crippen LogP contribution in [-0.2, 0) is 4.79 Å². The summed E-state index contributed by atoms with van der Waals surface area (Å²) in [5.74, 6) is 0.00783. The summed E-state index contributed by atoms with van der Waals surface area (Å²) in [6, 6.07) is 19.3. The third kappa shape index (κ3) is 3.43. The molecule has 0 bridgehead atoms. The van der Waals surface area contributed by atoms with E-state index in [1.165, 1.54) is 0 Å². The molecule has 0 spiro atoms. The average molecular weight is 358 g/mol. The summed E-state index contributed by atoms with van der Waals surface area (Å²) in [4.78, 5) is 27.0. The first-order valence-corrected chi connectivity index (χ1v) is 9.33. The van der Waals surface area contributed by atoms with Crippen molar-refractivity contribution in [3.63, 3.8) is 0 Å². The predicted molar refractivity (Wildman–Crippen MR) is 109 cm³/mol. The summed E-state index contributed by atoms with van der Waals surface area (Å²) in [5, 5.41) is 4.96. The van der Waals surface area contributed by atoms with Crippen molar-refractivity contribution in [2.45, 2.75) is 26.2 Å². The molecule has 1 aliphatic rings. The van der Waals surface area contributed by atoms with Gasteiger partial charge in [0, 0.05) is 29.9 Å². The minimum absolute atomic E-state index is 0.147. The molecule has 27 heavy (non-hydrogen) atoms. The van der Waals surface area contributed by atoms with Crippen molar-refractivity contribution in [1.82, 2.24) is 0 Å². The van der Waals surface area contributed by atoms with E-state index < -0.39 is 0 Å². The van der Waals surface area contributed by atoms with E-state index >= 15 is 0 Å². The number of piperidine rings is 1. The van der Waals surface area contributed by atoms with Crippen LogP contribution in [0.2, 0.25) is 0 Å². The molecule has 4 nitrogen and oxygen atoms in total. The summed E-state index contributed by atoms with van der Waals surface area (Å²) < 4.78 is 0. The molecule has 4 heteroatoms. The van der Waals surface area contributed by atoms with E-state index in [0.29, 0.717) is 17.7 Å². The lowest BCUT2D eigenvalue weighted by Gasteiger charge is -2.28. The molecule has 1 N–H and O–H groups in total. The smallest absolute Gasteiger partial charge is 0.256 e. The molecule has 0 radical (unpaired) electrons. The van der Waals surface area contributed by atoms with E-state index in [0.717, 1.165) is 41.4 Å². The molecule has 1 heterocycles. The molecule has 0 aliphatic carbocycles. The minimum Gasteiger partial charge on any atom is -0.322 e. The van der Waals surface area contributed by atoms with Crippen LogP contribution in [0.25, 0.3) is 10.8 Å². The molecular weight excluding hydrogens is 336 g/mol. The van der Waals surface area contributed by atoms with E-state index in [9.17, 15) is 9.59 Å². The van der Waals surface area contributed by atoms with E-state index in [1.807, 2.05) is 72.5 Å². The van der Waals surface area contributed by atoms with E-state index in [1.54, 1.807) is 0 Å². The third-order valence-corrected chi connectivity index (χ3v) is 5.12. The molecule has 0 atom stereocenters. The van der Waals surface area contributed by atoms with Gasteiger partial charge in [-0.3, -0.25) is 9.59 Å². The number of nitrogens with zero attached hydrogens (tertiary/aromatic N) is 1. The standard InChI is InChI=1S/C23H22N2O2/c1-16-12-13-18(15-21(16)25-14-5-4-11-22(25)26)24-23(27)20-10-6-8-17-7-2-3-9-19(17)20/h2-3,6-10,12-13,15H,4-5,11,14H2,1H3,(H,24,27). The van der Waals surface area contributed by atoms with Gasteiger partial charge in [-0.15, -0.1) is 0 Å². The molecule has 136 valence electrons. The molecule has 1 fully saturated rings. The van der Waals surface area contributed by atoms with E-state index in [4.69, 9.17) is 0 Å². The van der Waals surface area contributed by atoms with Gasteiger partial charge < -0.3 is 10.2 Å². The first-order valence-electron chi connectivity index (χ1n) is 9.33. The Labute approximate surface area is 158 Å². The molecule has 0 unspecified atom stereocenters. The summed E-state index contributed by atoms with van der Waals surface area (Å²) in [6.45, 7) is 2.73. The Morgan fingerprint density at radius 2 is 1.81 bits per heavy atom. The van der Waals surface area contributed by atoms with Crippen LogP contribution in [-0.4, -0.2) is 18.4 Å². The normalized spacial score (nSPS) is 14.4. The Kier molecular flexibility index (Phi) is 4.63. The van der Waals surface area contributed by atoms with Gasteiger partial charge in [0.1, 0.15) is 0 Å². The average Bonchev–Trinajstić information content (AvgIpc) is 2.69. The summed E-state index contributed by atoms with van der Waals surface area (Å²) >= 11 is 0. The molecule has 3 aromatic rings. The highest BCUT2D eigenvalue weighted by atomic mass is 16.2. The summed E-state index contributed by atoms with van der Waals surface area (Å²) in [6.07, 6.45) is 2.55. The van der Waals surface area contributed by atoms with Gasteiger partial charge in [-0.2, -0.15) is 0 Å². The highest BCUT2D eigenvalue weighted by Crippen LogP contribution is 2.28. The van der Waals surface area contributed by atoms with Gasteiger partial charge in [0.2, 0.25) is 5.91 Å². The number of hydrogen-bond acceptors (Lipinski definition) is 2. The number of carbonyl (C=O) groups is 2. The van der Waals surface area contributed by atoms with Crippen LogP contribution >= 0.6 is 0 Å². The number of hydrogen-bond donors (Lipinski definition) is 1. The van der Waals surface area contributed by atoms with Gasteiger partial charge >= 0.3 is 0 Å². The highest BCUT2D eigenvalue weighted by molar-refractivity contribution is 6.13. The molecule has 2 amide bonds. The number of aryl methyl sites for hydroxylation is 1. The molecule has 0 saturated carbocycles. The second-order valence-electron chi connectivity index (χ2n) is 6.98. The van der Waals surface area contributed by atoms with Crippen LogP contribution < -0.4 is 10.2 Å². The second kappa shape index (κ2) is 7.23. The number of benzene rings is 3. The van der Waals surface area contributed by atoms with Crippen LogP contribution in [0, 0.1) is 6.92 Å². The van der Waals surface area contributed by atoms with Gasteiger partial charge in [-0.25, -0.2) is 0 Å². The molecule has 1 saturated heterocycles. The van der Waals surface area contributed by atoms with Crippen molar-refractivity contribution in [2.75, 3.05) is 16.8 Å². The Balaban J connectivity index is 1.63. The quantitative estimate of drug-likeness (QED) is 0.723.